The first-order valence-corrected chi connectivity index (χ1v) is 5.66. The van der Waals surface area contributed by atoms with Gasteiger partial charge in [0.15, 0.2) is 0 Å². The van der Waals surface area contributed by atoms with E-state index in [2.05, 4.69) is 9.72 Å². The molecule has 0 aromatic carbocycles. The van der Waals surface area contributed by atoms with Crippen LogP contribution in [0.3, 0.4) is 0 Å². The first-order valence-electron chi connectivity index (χ1n) is 4.59. The molecule has 1 rings (SSSR count). The fourth-order valence-electron chi connectivity index (χ4n) is 1.29. The Morgan fingerprint density at radius 1 is 1.56 bits per heavy atom. The van der Waals surface area contributed by atoms with Gasteiger partial charge in [0.1, 0.15) is 9.45 Å². The Kier molecular flexibility index (Phi) is 4.73. The van der Waals surface area contributed by atoms with Gasteiger partial charge < -0.3 is 15.6 Å². The third kappa shape index (κ3) is 4.29. The molecule has 9 heteroatoms. The molecular formula is C9H8F3IN2O3. The van der Waals surface area contributed by atoms with Crippen molar-refractivity contribution in [2.24, 2.45) is 5.73 Å². The van der Waals surface area contributed by atoms with Gasteiger partial charge in [-0.15, -0.1) is 13.2 Å². The van der Waals surface area contributed by atoms with Crippen molar-refractivity contribution in [3.63, 3.8) is 0 Å². The third-order valence-electron chi connectivity index (χ3n) is 1.89. The maximum atomic E-state index is 12.2. The Morgan fingerprint density at radius 3 is 2.61 bits per heavy atom. The highest BCUT2D eigenvalue weighted by molar-refractivity contribution is 14.1. The number of hydrogen-bond acceptors (Lipinski definition) is 4. The van der Waals surface area contributed by atoms with Gasteiger partial charge >= 0.3 is 12.3 Å². The number of aromatic nitrogens is 1. The summed E-state index contributed by atoms with van der Waals surface area (Å²) in [5.74, 6) is -1.72. The van der Waals surface area contributed by atoms with Crippen LogP contribution in [0.5, 0.6) is 5.75 Å². The van der Waals surface area contributed by atoms with Crippen molar-refractivity contribution in [3.05, 3.63) is 21.0 Å². The summed E-state index contributed by atoms with van der Waals surface area (Å²) in [5.41, 5.74) is 5.22. The SMILES string of the molecule is NCc1c(OC(F)(F)F)cc(I)nc1CC(=O)O. The lowest BCUT2D eigenvalue weighted by molar-refractivity contribution is -0.275. The molecule has 1 aromatic heterocycles. The van der Waals surface area contributed by atoms with E-state index >= 15 is 0 Å². The van der Waals surface area contributed by atoms with E-state index in [1.165, 1.54) is 0 Å². The largest absolute Gasteiger partial charge is 0.573 e. The normalized spacial score (nSPS) is 11.4. The number of nitrogens with two attached hydrogens (primary N) is 1. The van der Waals surface area contributed by atoms with Crippen LogP contribution in [-0.2, 0) is 17.8 Å². The minimum absolute atomic E-state index is 0.0313. The van der Waals surface area contributed by atoms with Crippen LogP contribution in [-0.4, -0.2) is 22.4 Å². The van der Waals surface area contributed by atoms with Crippen LogP contribution in [0.15, 0.2) is 6.07 Å². The van der Waals surface area contributed by atoms with Crippen molar-refractivity contribution in [2.45, 2.75) is 19.3 Å². The first kappa shape index (κ1) is 15.0. The highest BCUT2D eigenvalue weighted by Crippen LogP contribution is 2.29. The standard InChI is InChI=1S/C9H8F3IN2O3/c10-9(11,12)18-6-2-7(13)15-5(1-8(16)17)4(6)3-14/h2H,1,3,14H2,(H,16,17). The molecule has 5 nitrogen and oxygen atoms in total. The predicted molar refractivity (Wildman–Crippen MR) is 62.9 cm³/mol. The number of carboxylic acid groups (broad SMARTS) is 1. The molecule has 18 heavy (non-hydrogen) atoms. The van der Waals surface area contributed by atoms with Crippen LogP contribution in [0.25, 0.3) is 0 Å². The molecule has 1 heterocycles. The number of halogens is 4. The number of hydrogen-bond donors (Lipinski definition) is 2. The van der Waals surface area contributed by atoms with Gasteiger partial charge in [0.25, 0.3) is 0 Å². The number of rotatable bonds is 4. The lowest BCUT2D eigenvalue weighted by atomic mass is 10.1. The maximum absolute atomic E-state index is 12.2. The van der Waals surface area contributed by atoms with Crippen molar-refractivity contribution in [1.29, 1.82) is 0 Å². The van der Waals surface area contributed by atoms with E-state index < -0.39 is 24.5 Å². The zero-order chi connectivity index (χ0) is 13.9. The van der Waals surface area contributed by atoms with E-state index in [1.807, 2.05) is 0 Å². The Hall–Kier alpha value is -1.10. The van der Waals surface area contributed by atoms with Crippen LogP contribution >= 0.6 is 22.6 Å². The summed E-state index contributed by atoms with van der Waals surface area (Å²) in [7, 11) is 0. The maximum Gasteiger partial charge on any atom is 0.573 e. The van der Waals surface area contributed by atoms with Gasteiger partial charge in [-0.1, -0.05) is 0 Å². The minimum atomic E-state index is -4.87. The van der Waals surface area contributed by atoms with Gasteiger partial charge in [-0.3, -0.25) is 4.79 Å². The van der Waals surface area contributed by atoms with E-state index in [-0.39, 0.29) is 21.5 Å². The number of carboxylic acids is 1. The van der Waals surface area contributed by atoms with Crippen molar-refractivity contribution >= 4 is 28.6 Å². The summed E-state index contributed by atoms with van der Waals surface area (Å²) < 4.78 is 40.5. The number of pyridine rings is 1. The average Bonchev–Trinajstić information content (AvgIpc) is 2.13. The van der Waals surface area contributed by atoms with Crippen LogP contribution in [0, 0.1) is 3.70 Å². The van der Waals surface area contributed by atoms with Crippen LogP contribution in [0.4, 0.5) is 13.2 Å². The fraction of sp³-hybridized carbons (Fsp3) is 0.333. The summed E-state index contributed by atoms with van der Waals surface area (Å²) >= 11 is 1.67. The zero-order valence-electron chi connectivity index (χ0n) is 8.79. The molecule has 1 aromatic rings. The predicted octanol–water partition coefficient (Wildman–Crippen LogP) is 1.67. The summed E-state index contributed by atoms with van der Waals surface area (Å²) in [5, 5.41) is 8.65. The van der Waals surface area contributed by atoms with Crippen LogP contribution in [0.2, 0.25) is 0 Å². The van der Waals surface area contributed by atoms with Crippen molar-refractivity contribution in [3.8, 4) is 5.75 Å². The fourth-order valence-corrected chi connectivity index (χ4v) is 1.86. The van der Waals surface area contributed by atoms with Gasteiger partial charge in [-0.25, -0.2) is 4.98 Å². The van der Waals surface area contributed by atoms with Gasteiger partial charge in [0, 0.05) is 18.2 Å². The second-order valence-corrected chi connectivity index (χ2v) is 4.30. The summed E-state index contributed by atoms with van der Waals surface area (Å²) in [6.07, 6.45) is -5.38. The van der Waals surface area contributed by atoms with E-state index in [0.29, 0.717) is 0 Å². The second kappa shape index (κ2) is 5.69. The van der Waals surface area contributed by atoms with Crippen molar-refractivity contribution in [1.82, 2.24) is 4.98 Å². The molecule has 0 aliphatic heterocycles. The summed E-state index contributed by atoms with van der Waals surface area (Å²) in [6, 6.07) is 1.06. The molecule has 0 radical (unpaired) electrons. The number of carbonyl (C=O) groups is 1. The Bertz CT molecular complexity index is 465. The number of ether oxygens (including phenoxy) is 1. The van der Waals surface area contributed by atoms with E-state index in [4.69, 9.17) is 10.8 Å². The monoisotopic (exact) mass is 376 g/mol. The van der Waals surface area contributed by atoms with E-state index in [9.17, 15) is 18.0 Å². The van der Waals surface area contributed by atoms with Crippen LogP contribution in [0.1, 0.15) is 11.3 Å². The molecular weight excluding hydrogens is 368 g/mol. The Labute approximate surface area is 113 Å². The summed E-state index contributed by atoms with van der Waals surface area (Å²) in [4.78, 5) is 14.5. The lowest BCUT2D eigenvalue weighted by Gasteiger charge is -2.15. The highest BCUT2D eigenvalue weighted by atomic mass is 127. The van der Waals surface area contributed by atoms with E-state index in [1.54, 1.807) is 22.6 Å². The number of nitrogens with zero attached hydrogens (tertiary/aromatic N) is 1. The molecule has 0 saturated heterocycles. The number of aliphatic carboxylic acids is 1. The van der Waals surface area contributed by atoms with Crippen molar-refractivity contribution in [2.75, 3.05) is 0 Å². The van der Waals surface area contributed by atoms with Gasteiger partial charge in [0.05, 0.1) is 12.1 Å². The van der Waals surface area contributed by atoms with Gasteiger partial charge in [0.2, 0.25) is 0 Å². The quantitative estimate of drug-likeness (QED) is 0.617. The topological polar surface area (TPSA) is 85.4 Å². The molecule has 0 aliphatic rings. The molecule has 0 spiro atoms. The van der Waals surface area contributed by atoms with Crippen molar-refractivity contribution < 1.29 is 27.8 Å². The molecule has 0 saturated carbocycles. The highest BCUT2D eigenvalue weighted by Gasteiger charge is 2.33. The Morgan fingerprint density at radius 2 is 2.17 bits per heavy atom. The molecule has 3 N–H and O–H groups in total. The first-order chi connectivity index (χ1) is 8.23. The molecule has 0 unspecified atom stereocenters. The Balaban J connectivity index is 3.24. The van der Waals surface area contributed by atoms with Gasteiger partial charge in [-0.05, 0) is 22.6 Å². The van der Waals surface area contributed by atoms with E-state index in [0.717, 1.165) is 6.07 Å². The average molecular weight is 376 g/mol. The lowest BCUT2D eigenvalue weighted by Crippen LogP contribution is -2.20. The smallest absolute Gasteiger partial charge is 0.481 e. The van der Waals surface area contributed by atoms with Gasteiger partial charge in [-0.2, -0.15) is 0 Å². The third-order valence-corrected chi connectivity index (χ3v) is 2.44. The number of alkyl halides is 3. The molecule has 100 valence electrons. The summed E-state index contributed by atoms with van der Waals surface area (Å²) in [6.45, 7) is -0.294. The molecule has 0 bridgehead atoms. The zero-order valence-corrected chi connectivity index (χ0v) is 10.9. The second-order valence-electron chi connectivity index (χ2n) is 3.19. The molecule has 0 aliphatic carbocycles. The molecule has 0 amide bonds. The van der Waals surface area contributed by atoms with Crippen LogP contribution < -0.4 is 10.5 Å². The molecule has 0 fully saturated rings. The minimum Gasteiger partial charge on any atom is -0.481 e. The molecule has 0 atom stereocenters.